The Morgan fingerprint density at radius 3 is 2.71 bits per heavy atom. The summed E-state index contributed by atoms with van der Waals surface area (Å²) in [5.74, 6) is 0.550. The number of allylic oxidation sites excluding steroid dienone is 4. The van der Waals surface area contributed by atoms with Crippen LogP contribution < -0.4 is 4.57 Å². The number of rotatable bonds is 1. The standard InChI is InChI=1S/C19H18NS/c1-13-15-8-5-6-10-17(15)21-19(13)18-16-9-4-3-7-14(16)11-12-20(18)2/h3-12,15,17H,1-2H3/q+1. The highest BCUT2D eigenvalue weighted by atomic mass is 32.2. The van der Waals surface area contributed by atoms with Crippen molar-refractivity contribution in [1.29, 1.82) is 0 Å². The molecule has 0 fully saturated rings. The van der Waals surface area contributed by atoms with Crippen molar-refractivity contribution in [3.63, 3.8) is 0 Å². The summed E-state index contributed by atoms with van der Waals surface area (Å²) in [4.78, 5) is 1.44. The maximum Gasteiger partial charge on any atom is 0.226 e. The fourth-order valence-corrected chi connectivity index (χ4v) is 4.88. The number of nitrogens with zero attached hydrogens (tertiary/aromatic N) is 1. The number of aromatic nitrogens is 1. The van der Waals surface area contributed by atoms with Crippen molar-refractivity contribution in [3.05, 3.63) is 72.1 Å². The molecule has 1 aliphatic heterocycles. The molecular weight excluding hydrogens is 274 g/mol. The minimum absolute atomic E-state index is 0.550. The van der Waals surface area contributed by atoms with Crippen molar-refractivity contribution in [2.75, 3.05) is 0 Å². The van der Waals surface area contributed by atoms with Crippen LogP contribution in [0.2, 0.25) is 0 Å². The van der Waals surface area contributed by atoms with Gasteiger partial charge < -0.3 is 0 Å². The summed E-state index contributed by atoms with van der Waals surface area (Å²) in [6.07, 6.45) is 11.2. The zero-order valence-electron chi connectivity index (χ0n) is 12.3. The van der Waals surface area contributed by atoms with Gasteiger partial charge in [-0.3, -0.25) is 0 Å². The lowest BCUT2D eigenvalue weighted by Crippen LogP contribution is -2.32. The van der Waals surface area contributed by atoms with Crippen molar-refractivity contribution >= 4 is 27.4 Å². The van der Waals surface area contributed by atoms with E-state index in [1.54, 1.807) is 0 Å². The fraction of sp³-hybridized carbons (Fsp3) is 0.211. The second kappa shape index (κ2) is 4.88. The number of hydrogen-bond donors (Lipinski definition) is 0. The number of aryl methyl sites for hydroxylation is 1. The average molecular weight is 292 g/mol. The molecule has 1 aliphatic carbocycles. The zero-order chi connectivity index (χ0) is 14.4. The van der Waals surface area contributed by atoms with E-state index in [2.05, 4.69) is 79.4 Å². The molecule has 0 radical (unpaired) electrons. The van der Waals surface area contributed by atoms with Gasteiger partial charge in [-0.05, 0) is 23.9 Å². The third kappa shape index (κ3) is 1.97. The van der Waals surface area contributed by atoms with Gasteiger partial charge in [0.15, 0.2) is 6.20 Å². The number of benzene rings is 1. The number of fused-ring (bicyclic) bond motifs is 2. The summed E-state index contributed by atoms with van der Waals surface area (Å²) >= 11 is 2.01. The Labute approximate surface area is 129 Å². The van der Waals surface area contributed by atoms with Gasteiger partial charge in [-0.25, -0.2) is 4.57 Å². The van der Waals surface area contributed by atoms with Crippen LogP contribution in [0, 0.1) is 5.92 Å². The molecule has 2 aliphatic rings. The first kappa shape index (κ1) is 12.9. The fourth-order valence-electron chi connectivity index (χ4n) is 3.31. The number of pyridine rings is 1. The van der Waals surface area contributed by atoms with Crippen molar-refractivity contribution in [2.24, 2.45) is 13.0 Å². The Bertz CT molecular complexity index is 813. The Balaban J connectivity index is 1.95. The van der Waals surface area contributed by atoms with E-state index in [1.165, 1.54) is 26.9 Å². The summed E-state index contributed by atoms with van der Waals surface area (Å²) in [5.41, 5.74) is 2.85. The Hall–Kier alpha value is -1.80. The lowest BCUT2D eigenvalue weighted by Gasteiger charge is -2.15. The average Bonchev–Trinajstić information content (AvgIpc) is 2.84. The van der Waals surface area contributed by atoms with E-state index in [9.17, 15) is 0 Å². The maximum absolute atomic E-state index is 2.34. The van der Waals surface area contributed by atoms with Crippen LogP contribution in [0.25, 0.3) is 15.7 Å². The molecule has 2 unspecified atom stereocenters. The molecule has 0 saturated heterocycles. The second-order valence-corrected chi connectivity index (χ2v) is 6.94. The molecule has 2 heteroatoms. The molecule has 2 atom stereocenters. The number of thioether (sulfide) groups is 1. The van der Waals surface area contributed by atoms with Gasteiger partial charge in [0, 0.05) is 17.2 Å². The van der Waals surface area contributed by atoms with Crippen LogP contribution >= 0.6 is 11.8 Å². The molecule has 0 bridgehead atoms. The lowest BCUT2D eigenvalue weighted by molar-refractivity contribution is -0.672. The molecule has 0 saturated carbocycles. The topological polar surface area (TPSA) is 3.88 Å². The summed E-state index contributed by atoms with van der Waals surface area (Å²) in [7, 11) is 2.15. The van der Waals surface area contributed by atoms with E-state index in [0.29, 0.717) is 11.2 Å². The van der Waals surface area contributed by atoms with Gasteiger partial charge in [0.05, 0.1) is 10.3 Å². The third-order valence-corrected chi connectivity index (χ3v) is 5.93. The van der Waals surface area contributed by atoms with Crippen molar-refractivity contribution in [3.8, 4) is 0 Å². The normalized spacial score (nSPS) is 23.9. The molecule has 1 aromatic carbocycles. The molecule has 104 valence electrons. The largest absolute Gasteiger partial charge is 0.226 e. The van der Waals surface area contributed by atoms with Gasteiger partial charge in [0.1, 0.15) is 7.05 Å². The minimum atomic E-state index is 0.550. The van der Waals surface area contributed by atoms with Gasteiger partial charge in [-0.15, -0.1) is 11.8 Å². The minimum Gasteiger partial charge on any atom is -0.200 e. The SMILES string of the molecule is CC1=C(c2c3ccccc3cc[n+]2C)SC2C=CC=CC12. The first-order chi connectivity index (χ1) is 10.3. The van der Waals surface area contributed by atoms with Crippen LogP contribution in [0.4, 0.5) is 0 Å². The number of hydrogen-bond acceptors (Lipinski definition) is 1. The molecule has 21 heavy (non-hydrogen) atoms. The summed E-state index contributed by atoms with van der Waals surface area (Å²) in [6.45, 7) is 2.29. The predicted octanol–water partition coefficient (Wildman–Crippen LogP) is 4.25. The molecule has 4 rings (SSSR count). The molecular formula is C19H18NS+. The first-order valence-corrected chi connectivity index (χ1v) is 8.24. The highest BCUT2D eigenvalue weighted by Crippen LogP contribution is 2.49. The van der Waals surface area contributed by atoms with Gasteiger partial charge in [0.2, 0.25) is 5.69 Å². The Kier molecular flexibility index (Phi) is 3.00. The van der Waals surface area contributed by atoms with E-state index >= 15 is 0 Å². The van der Waals surface area contributed by atoms with E-state index < -0.39 is 0 Å². The monoisotopic (exact) mass is 292 g/mol. The molecule has 2 heterocycles. The van der Waals surface area contributed by atoms with Crippen LogP contribution in [-0.2, 0) is 7.05 Å². The molecule has 2 aromatic rings. The Morgan fingerprint density at radius 2 is 1.86 bits per heavy atom. The van der Waals surface area contributed by atoms with E-state index in [-0.39, 0.29) is 0 Å². The first-order valence-electron chi connectivity index (χ1n) is 7.36. The van der Waals surface area contributed by atoms with Crippen LogP contribution in [0.1, 0.15) is 12.6 Å². The maximum atomic E-state index is 2.34. The van der Waals surface area contributed by atoms with Gasteiger partial charge in [-0.2, -0.15) is 0 Å². The van der Waals surface area contributed by atoms with Gasteiger partial charge >= 0.3 is 0 Å². The summed E-state index contributed by atoms with van der Waals surface area (Å²) in [6, 6.07) is 10.9. The van der Waals surface area contributed by atoms with Gasteiger partial charge in [0.25, 0.3) is 0 Å². The summed E-state index contributed by atoms with van der Waals surface area (Å²) < 4.78 is 2.26. The quantitative estimate of drug-likeness (QED) is 0.711. The van der Waals surface area contributed by atoms with Crippen molar-refractivity contribution in [2.45, 2.75) is 12.2 Å². The molecule has 1 aromatic heterocycles. The smallest absolute Gasteiger partial charge is 0.200 e. The van der Waals surface area contributed by atoms with E-state index in [0.717, 1.165) is 0 Å². The van der Waals surface area contributed by atoms with Crippen LogP contribution in [0.5, 0.6) is 0 Å². The predicted molar refractivity (Wildman–Crippen MR) is 90.9 cm³/mol. The Morgan fingerprint density at radius 1 is 1.05 bits per heavy atom. The second-order valence-electron chi connectivity index (χ2n) is 5.75. The van der Waals surface area contributed by atoms with E-state index in [1.807, 2.05) is 11.8 Å². The molecule has 0 N–H and O–H groups in total. The van der Waals surface area contributed by atoms with Gasteiger partial charge in [-0.1, -0.05) is 42.5 Å². The van der Waals surface area contributed by atoms with Crippen LogP contribution in [0.15, 0.2) is 66.4 Å². The molecule has 1 nitrogen and oxygen atoms in total. The molecule has 0 spiro atoms. The van der Waals surface area contributed by atoms with E-state index in [4.69, 9.17) is 0 Å². The lowest BCUT2D eigenvalue weighted by atomic mass is 9.92. The van der Waals surface area contributed by atoms with Crippen LogP contribution in [-0.4, -0.2) is 5.25 Å². The van der Waals surface area contributed by atoms with Crippen molar-refractivity contribution < 1.29 is 4.57 Å². The molecule has 0 amide bonds. The highest BCUT2D eigenvalue weighted by molar-refractivity contribution is 8.09. The zero-order valence-corrected chi connectivity index (χ0v) is 13.1. The van der Waals surface area contributed by atoms with Crippen LogP contribution in [0.3, 0.4) is 0 Å². The van der Waals surface area contributed by atoms with Crippen molar-refractivity contribution in [1.82, 2.24) is 0 Å². The highest BCUT2D eigenvalue weighted by Gasteiger charge is 2.35. The third-order valence-electron chi connectivity index (χ3n) is 4.46. The summed E-state index contributed by atoms with van der Waals surface area (Å²) in [5, 5.41) is 3.22.